The number of anilines is 1. The van der Waals surface area contributed by atoms with Crippen molar-refractivity contribution in [2.45, 2.75) is 19.4 Å². The van der Waals surface area contributed by atoms with Gasteiger partial charge >= 0.3 is 5.97 Å². The molecule has 0 saturated carbocycles. The third-order valence-corrected chi connectivity index (χ3v) is 4.63. The summed E-state index contributed by atoms with van der Waals surface area (Å²) in [6.45, 7) is 2.26. The van der Waals surface area contributed by atoms with E-state index in [4.69, 9.17) is 42.7 Å². The monoisotopic (exact) mass is 434 g/mol. The van der Waals surface area contributed by atoms with Crippen molar-refractivity contribution < 1.29 is 23.8 Å². The molecule has 7 nitrogen and oxygen atoms in total. The lowest BCUT2D eigenvalue weighted by Crippen LogP contribution is -2.30. The fraction of sp³-hybridized carbons (Fsp3) is 0.250. The molecular formula is C20H16Cl2N2O5. The number of nitrogens with one attached hydrogen (secondary N) is 1. The number of benzene rings is 2. The number of nitrogens with zero attached hydrogens (tertiary/aromatic N) is 1. The van der Waals surface area contributed by atoms with E-state index in [-0.39, 0.29) is 11.4 Å². The first-order chi connectivity index (χ1) is 13.9. The largest absolute Gasteiger partial charge is 0.486 e. The van der Waals surface area contributed by atoms with E-state index < -0.39 is 18.0 Å². The number of rotatable bonds is 5. The summed E-state index contributed by atoms with van der Waals surface area (Å²) < 4.78 is 16.1. The molecule has 0 aromatic heterocycles. The molecular weight excluding hydrogens is 419 g/mol. The Morgan fingerprint density at radius 1 is 1.21 bits per heavy atom. The molecule has 0 fully saturated rings. The van der Waals surface area contributed by atoms with Crippen LogP contribution in [0.25, 0.3) is 0 Å². The van der Waals surface area contributed by atoms with E-state index >= 15 is 0 Å². The summed E-state index contributed by atoms with van der Waals surface area (Å²) in [5, 5.41) is 12.0. The summed E-state index contributed by atoms with van der Waals surface area (Å²) in [6.07, 6.45) is -1.12. The molecule has 150 valence electrons. The van der Waals surface area contributed by atoms with E-state index in [1.807, 2.05) is 6.07 Å². The van der Waals surface area contributed by atoms with Crippen molar-refractivity contribution in [1.82, 2.24) is 0 Å². The molecule has 1 amide bonds. The number of fused-ring (bicyclic) bond motifs is 1. The lowest BCUT2D eigenvalue weighted by Gasteiger charge is -2.20. The van der Waals surface area contributed by atoms with Gasteiger partial charge in [-0.15, -0.1) is 0 Å². The van der Waals surface area contributed by atoms with E-state index in [1.165, 1.54) is 25.1 Å². The lowest BCUT2D eigenvalue weighted by atomic mass is 10.1. The number of ether oxygens (including phenoxy) is 3. The normalized spacial score (nSPS) is 13.2. The SMILES string of the molecule is CC(OC(=O)Cc1cc(Cl)c2c(c1)OCCO2)C(=O)Nc1ccc(C#N)c(Cl)c1. The molecule has 0 radical (unpaired) electrons. The summed E-state index contributed by atoms with van der Waals surface area (Å²) >= 11 is 12.1. The zero-order valence-corrected chi connectivity index (χ0v) is 16.8. The van der Waals surface area contributed by atoms with Crippen molar-refractivity contribution in [3.63, 3.8) is 0 Å². The van der Waals surface area contributed by atoms with Crippen LogP contribution in [0.2, 0.25) is 10.0 Å². The van der Waals surface area contributed by atoms with Gasteiger partial charge in [0.05, 0.1) is 22.0 Å². The van der Waals surface area contributed by atoms with E-state index in [9.17, 15) is 9.59 Å². The first kappa shape index (κ1) is 20.8. The Balaban J connectivity index is 1.59. The maximum absolute atomic E-state index is 12.3. The molecule has 2 aromatic carbocycles. The van der Waals surface area contributed by atoms with Crippen LogP contribution in [0.4, 0.5) is 5.69 Å². The van der Waals surface area contributed by atoms with E-state index in [1.54, 1.807) is 12.1 Å². The van der Waals surface area contributed by atoms with Crippen molar-refractivity contribution in [1.29, 1.82) is 5.26 Å². The van der Waals surface area contributed by atoms with Gasteiger partial charge in [0.15, 0.2) is 17.6 Å². The van der Waals surface area contributed by atoms with Crippen LogP contribution in [0.3, 0.4) is 0 Å². The van der Waals surface area contributed by atoms with Crippen LogP contribution in [0.1, 0.15) is 18.1 Å². The molecule has 0 spiro atoms. The molecule has 29 heavy (non-hydrogen) atoms. The second kappa shape index (κ2) is 9.03. The van der Waals surface area contributed by atoms with Gasteiger partial charge in [0.25, 0.3) is 5.91 Å². The Morgan fingerprint density at radius 3 is 2.69 bits per heavy atom. The number of amides is 1. The third-order valence-electron chi connectivity index (χ3n) is 4.04. The Morgan fingerprint density at radius 2 is 1.97 bits per heavy atom. The number of hydrogen-bond acceptors (Lipinski definition) is 6. The minimum atomic E-state index is -1.04. The molecule has 9 heteroatoms. The van der Waals surface area contributed by atoms with E-state index in [0.717, 1.165) is 0 Å². The summed E-state index contributed by atoms with van der Waals surface area (Å²) in [5.74, 6) is -0.212. The predicted molar refractivity (Wildman–Crippen MR) is 106 cm³/mol. The first-order valence-corrected chi connectivity index (χ1v) is 9.41. The van der Waals surface area contributed by atoms with Crippen LogP contribution < -0.4 is 14.8 Å². The molecule has 1 aliphatic rings. The number of nitriles is 1. The van der Waals surface area contributed by atoms with Gasteiger partial charge in [0, 0.05) is 5.69 Å². The minimum absolute atomic E-state index is 0.0866. The standard InChI is InChI=1S/C20H16Cl2N2O5/c1-11(20(26)24-14-3-2-13(10-23)15(21)9-14)29-18(25)8-12-6-16(22)19-17(7-12)27-4-5-28-19/h2-3,6-7,9,11H,4-5,8H2,1H3,(H,24,26). The molecule has 0 bridgehead atoms. The highest BCUT2D eigenvalue weighted by Gasteiger charge is 2.21. The predicted octanol–water partition coefficient (Wildman–Crippen LogP) is 3.75. The lowest BCUT2D eigenvalue weighted by molar-refractivity contribution is -0.152. The topological polar surface area (TPSA) is 97.7 Å². The van der Waals surface area contributed by atoms with Crippen molar-refractivity contribution >= 4 is 40.8 Å². The quantitative estimate of drug-likeness (QED) is 0.719. The number of halogens is 2. The van der Waals surface area contributed by atoms with Crippen molar-refractivity contribution in [3.8, 4) is 17.6 Å². The Kier molecular flexibility index (Phi) is 6.47. The number of carbonyl (C=O) groups excluding carboxylic acids is 2. The Hall–Kier alpha value is -2.95. The van der Waals surface area contributed by atoms with Crippen LogP contribution in [0.15, 0.2) is 30.3 Å². The second-order valence-electron chi connectivity index (χ2n) is 6.21. The zero-order valence-electron chi connectivity index (χ0n) is 15.3. The minimum Gasteiger partial charge on any atom is -0.486 e. The van der Waals surface area contributed by atoms with Crippen LogP contribution in [-0.4, -0.2) is 31.2 Å². The van der Waals surface area contributed by atoms with Crippen molar-refractivity contribution in [2.75, 3.05) is 18.5 Å². The highest BCUT2D eigenvalue weighted by molar-refractivity contribution is 6.32. The van der Waals surface area contributed by atoms with Gasteiger partial charge in [0.2, 0.25) is 0 Å². The van der Waals surface area contributed by atoms with Gasteiger partial charge in [-0.3, -0.25) is 9.59 Å². The van der Waals surface area contributed by atoms with E-state index in [0.29, 0.717) is 46.5 Å². The summed E-state index contributed by atoms with van der Waals surface area (Å²) in [5.41, 5.74) is 1.26. The summed E-state index contributed by atoms with van der Waals surface area (Å²) in [4.78, 5) is 24.5. The third kappa shape index (κ3) is 5.11. The van der Waals surface area contributed by atoms with Crippen molar-refractivity contribution in [3.05, 3.63) is 51.5 Å². The van der Waals surface area contributed by atoms with Crippen LogP contribution in [0, 0.1) is 11.3 Å². The Labute approximate surface area is 177 Å². The Bertz CT molecular complexity index is 1000. The van der Waals surface area contributed by atoms with E-state index in [2.05, 4.69) is 5.32 Å². The summed E-state index contributed by atoms with van der Waals surface area (Å²) in [6, 6.07) is 9.66. The molecule has 1 heterocycles. The summed E-state index contributed by atoms with van der Waals surface area (Å²) in [7, 11) is 0. The molecule has 3 rings (SSSR count). The van der Waals surface area contributed by atoms with Crippen LogP contribution in [-0.2, 0) is 20.7 Å². The van der Waals surface area contributed by atoms with Crippen molar-refractivity contribution in [2.24, 2.45) is 0 Å². The number of hydrogen-bond donors (Lipinski definition) is 1. The van der Waals surface area contributed by atoms with Gasteiger partial charge in [-0.05, 0) is 42.8 Å². The molecule has 1 N–H and O–H groups in total. The smallest absolute Gasteiger partial charge is 0.311 e. The first-order valence-electron chi connectivity index (χ1n) is 8.65. The molecule has 1 unspecified atom stereocenters. The molecule has 1 aliphatic heterocycles. The van der Waals surface area contributed by atoms with Gasteiger partial charge in [-0.2, -0.15) is 5.26 Å². The average molecular weight is 435 g/mol. The van der Waals surface area contributed by atoms with Gasteiger partial charge < -0.3 is 19.5 Å². The second-order valence-corrected chi connectivity index (χ2v) is 7.02. The zero-order chi connectivity index (χ0) is 21.0. The fourth-order valence-electron chi connectivity index (χ4n) is 2.65. The average Bonchev–Trinajstić information content (AvgIpc) is 2.68. The highest BCUT2D eigenvalue weighted by atomic mass is 35.5. The van der Waals surface area contributed by atoms with Crippen LogP contribution in [0.5, 0.6) is 11.5 Å². The molecule has 1 atom stereocenters. The van der Waals surface area contributed by atoms with Gasteiger partial charge in [0.1, 0.15) is 19.3 Å². The fourth-order valence-corrected chi connectivity index (χ4v) is 3.16. The maximum Gasteiger partial charge on any atom is 0.311 e. The van der Waals surface area contributed by atoms with Gasteiger partial charge in [-0.25, -0.2) is 0 Å². The van der Waals surface area contributed by atoms with Gasteiger partial charge in [-0.1, -0.05) is 23.2 Å². The molecule has 0 aliphatic carbocycles. The maximum atomic E-state index is 12.3. The number of esters is 1. The highest BCUT2D eigenvalue weighted by Crippen LogP contribution is 2.38. The molecule has 2 aromatic rings. The van der Waals surface area contributed by atoms with Crippen LogP contribution >= 0.6 is 23.2 Å². The number of carbonyl (C=O) groups is 2. The molecule has 0 saturated heterocycles.